The second kappa shape index (κ2) is 6.35. The summed E-state index contributed by atoms with van der Waals surface area (Å²) >= 11 is 0. The molecule has 0 aromatic heterocycles. The molecule has 0 fully saturated rings. The minimum Gasteiger partial charge on any atom is -0.434 e. The first-order valence-corrected chi connectivity index (χ1v) is 5.20. The van der Waals surface area contributed by atoms with Crippen LogP contribution < -0.4 is 0 Å². The number of carbonyl (C=O) groups is 1. The second-order valence-corrected chi connectivity index (χ2v) is 3.44. The van der Waals surface area contributed by atoms with Gasteiger partial charge in [0.2, 0.25) is 5.82 Å². The predicted molar refractivity (Wildman–Crippen MR) is 52.7 cm³/mol. The highest BCUT2D eigenvalue weighted by molar-refractivity contribution is 5.59. The highest BCUT2D eigenvalue weighted by Gasteiger charge is 2.26. The lowest BCUT2D eigenvalue weighted by Gasteiger charge is -2.09. The number of rotatable bonds is 4. The molecule has 0 N–H and O–H groups in total. The van der Waals surface area contributed by atoms with Gasteiger partial charge in [-0.2, -0.15) is 0 Å². The van der Waals surface area contributed by atoms with Crippen molar-refractivity contribution in [3.05, 3.63) is 34.6 Å². The Morgan fingerprint density at radius 2 is 1.37 bits per heavy atom. The topological polar surface area (TPSA) is 35.5 Å². The molecule has 1 aromatic rings. The SMILES string of the molecule is CCCOC(=O)OCc1c(F)c(F)c(F)c(F)c1F. The van der Waals surface area contributed by atoms with Crippen molar-refractivity contribution in [1.29, 1.82) is 0 Å². The van der Waals surface area contributed by atoms with E-state index in [-0.39, 0.29) is 6.61 Å². The molecule has 0 amide bonds. The van der Waals surface area contributed by atoms with Gasteiger partial charge in [-0.15, -0.1) is 0 Å². The Hall–Kier alpha value is -1.86. The molecule has 19 heavy (non-hydrogen) atoms. The van der Waals surface area contributed by atoms with Crippen LogP contribution in [-0.2, 0) is 16.1 Å². The summed E-state index contributed by atoms with van der Waals surface area (Å²) in [5.41, 5.74) is -1.23. The molecule has 3 nitrogen and oxygen atoms in total. The van der Waals surface area contributed by atoms with E-state index in [1.165, 1.54) is 0 Å². The number of halogens is 5. The van der Waals surface area contributed by atoms with Gasteiger partial charge in [0.25, 0.3) is 0 Å². The Labute approximate surface area is 104 Å². The van der Waals surface area contributed by atoms with Crippen LogP contribution in [0.3, 0.4) is 0 Å². The third-order valence-electron chi connectivity index (χ3n) is 2.06. The van der Waals surface area contributed by atoms with Crippen LogP contribution in [-0.4, -0.2) is 12.8 Å². The van der Waals surface area contributed by atoms with Gasteiger partial charge in [-0.1, -0.05) is 6.92 Å². The van der Waals surface area contributed by atoms with Gasteiger partial charge in [-0.25, -0.2) is 26.7 Å². The first-order valence-electron chi connectivity index (χ1n) is 5.20. The molecule has 1 rings (SSSR count). The highest BCUT2D eigenvalue weighted by atomic mass is 19.2. The normalized spacial score (nSPS) is 10.4. The van der Waals surface area contributed by atoms with E-state index in [2.05, 4.69) is 9.47 Å². The number of hydrogen-bond donors (Lipinski definition) is 0. The van der Waals surface area contributed by atoms with Gasteiger partial charge in [0.05, 0.1) is 12.2 Å². The highest BCUT2D eigenvalue weighted by Crippen LogP contribution is 2.23. The van der Waals surface area contributed by atoms with Crippen molar-refractivity contribution in [3.8, 4) is 0 Å². The summed E-state index contributed by atoms with van der Waals surface area (Å²) in [6, 6.07) is 0. The van der Waals surface area contributed by atoms with Gasteiger partial charge in [0, 0.05) is 0 Å². The molecule has 8 heteroatoms. The Morgan fingerprint density at radius 1 is 0.895 bits per heavy atom. The van der Waals surface area contributed by atoms with Crippen LogP contribution in [0.4, 0.5) is 26.7 Å². The maximum absolute atomic E-state index is 13.2. The molecule has 0 bridgehead atoms. The van der Waals surface area contributed by atoms with E-state index < -0.39 is 47.4 Å². The molecule has 0 saturated heterocycles. The van der Waals surface area contributed by atoms with E-state index >= 15 is 0 Å². The summed E-state index contributed by atoms with van der Waals surface area (Å²) in [6.07, 6.45) is -0.775. The zero-order chi connectivity index (χ0) is 14.6. The van der Waals surface area contributed by atoms with Gasteiger partial charge < -0.3 is 9.47 Å². The van der Waals surface area contributed by atoms with E-state index in [1.54, 1.807) is 6.92 Å². The van der Waals surface area contributed by atoms with Crippen molar-refractivity contribution in [3.63, 3.8) is 0 Å². The van der Waals surface area contributed by atoms with Crippen LogP contribution in [0.15, 0.2) is 0 Å². The Morgan fingerprint density at radius 3 is 1.84 bits per heavy atom. The van der Waals surface area contributed by atoms with Gasteiger partial charge in [-0.3, -0.25) is 0 Å². The largest absolute Gasteiger partial charge is 0.508 e. The third-order valence-corrected chi connectivity index (χ3v) is 2.06. The molecular formula is C11H9F5O3. The number of carbonyl (C=O) groups excluding carboxylic acids is 1. The minimum atomic E-state index is -2.27. The summed E-state index contributed by atoms with van der Waals surface area (Å²) in [7, 11) is 0. The minimum absolute atomic E-state index is 0.00986. The quantitative estimate of drug-likeness (QED) is 0.368. The first kappa shape index (κ1) is 15.2. The van der Waals surface area contributed by atoms with Crippen molar-refractivity contribution >= 4 is 6.16 Å². The van der Waals surface area contributed by atoms with E-state index in [4.69, 9.17) is 0 Å². The third kappa shape index (κ3) is 3.33. The molecule has 106 valence electrons. The summed E-state index contributed by atoms with van der Waals surface area (Å²) < 4.78 is 73.3. The maximum Gasteiger partial charge on any atom is 0.508 e. The monoisotopic (exact) mass is 284 g/mol. The standard InChI is InChI=1S/C11H9F5O3/c1-2-3-18-11(17)19-4-5-6(12)8(14)10(16)9(15)7(5)13/h2-4H2,1H3. The molecular weight excluding hydrogens is 275 g/mol. The average Bonchev–Trinajstić information content (AvgIpc) is 2.40. The zero-order valence-electron chi connectivity index (χ0n) is 9.74. The van der Waals surface area contributed by atoms with Gasteiger partial charge in [-0.05, 0) is 6.42 Å². The maximum atomic E-state index is 13.2. The fourth-order valence-corrected chi connectivity index (χ4v) is 1.14. The van der Waals surface area contributed by atoms with E-state index in [0.717, 1.165) is 0 Å². The van der Waals surface area contributed by atoms with Gasteiger partial charge in [0.1, 0.15) is 6.61 Å². The molecule has 1 aromatic carbocycles. The van der Waals surface area contributed by atoms with Gasteiger partial charge in [0.15, 0.2) is 23.3 Å². The molecule has 0 heterocycles. The number of hydrogen-bond acceptors (Lipinski definition) is 3. The molecule has 0 aliphatic heterocycles. The van der Waals surface area contributed by atoms with Crippen molar-refractivity contribution in [2.24, 2.45) is 0 Å². The number of ether oxygens (including phenoxy) is 2. The fraction of sp³-hybridized carbons (Fsp3) is 0.364. The lowest BCUT2D eigenvalue weighted by Crippen LogP contribution is -2.12. The Kier molecular flexibility index (Phi) is 5.08. The lowest BCUT2D eigenvalue weighted by atomic mass is 10.2. The molecule has 0 aliphatic rings. The lowest BCUT2D eigenvalue weighted by molar-refractivity contribution is 0.0482. The molecule has 0 unspecified atom stereocenters. The molecule has 0 atom stereocenters. The van der Waals surface area contributed by atoms with Crippen LogP contribution in [0.25, 0.3) is 0 Å². The van der Waals surface area contributed by atoms with Crippen LogP contribution >= 0.6 is 0 Å². The summed E-state index contributed by atoms with van der Waals surface area (Å²) in [5.74, 6) is -10.6. The van der Waals surface area contributed by atoms with Crippen molar-refractivity contribution < 1.29 is 36.2 Å². The van der Waals surface area contributed by atoms with Crippen LogP contribution in [0.1, 0.15) is 18.9 Å². The van der Waals surface area contributed by atoms with Crippen molar-refractivity contribution in [2.45, 2.75) is 20.0 Å². The van der Waals surface area contributed by atoms with Crippen molar-refractivity contribution in [1.82, 2.24) is 0 Å². The number of benzene rings is 1. The van der Waals surface area contributed by atoms with E-state index in [1.807, 2.05) is 0 Å². The predicted octanol–water partition coefficient (Wildman–Crippen LogP) is 3.45. The van der Waals surface area contributed by atoms with Gasteiger partial charge >= 0.3 is 6.16 Å². The molecule has 0 radical (unpaired) electrons. The Bertz CT molecular complexity index is 461. The van der Waals surface area contributed by atoms with Crippen LogP contribution in [0.5, 0.6) is 0 Å². The smallest absolute Gasteiger partial charge is 0.434 e. The van der Waals surface area contributed by atoms with Crippen molar-refractivity contribution in [2.75, 3.05) is 6.61 Å². The average molecular weight is 284 g/mol. The molecule has 0 aliphatic carbocycles. The first-order chi connectivity index (χ1) is 8.90. The van der Waals surface area contributed by atoms with Crippen LogP contribution in [0.2, 0.25) is 0 Å². The van der Waals surface area contributed by atoms with E-state index in [9.17, 15) is 26.7 Å². The van der Waals surface area contributed by atoms with Crippen LogP contribution in [0, 0.1) is 29.1 Å². The molecule has 0 spiro atoms. The summed E-state index contributed by atoms with van der Waals surface area (Å²) in [4.78, 5) is 10.9. The zero-order valence-corrected chi connectivity index (χ0v) is 9.74. The summed E-state index contributed by atoms with van der Waals surface area (Å²) in [6.45, 7) is 0.585. The fourth-order valence-electron chi connectivity index (χ4n) is 1.14. The summed E-state index contributed by atoms with van der Waals surface area (Å²) in [5, 5.41) is 0. The molecule has 0 saturated carbocycles. The van der Waals surface area contributed by atoms with E-state index in [0.29, 0.717) is 6.42 Å². The second-order valence-electron chi connectivity index (χ2n) is 3.44. The Balaban J connectivity index is 2.87.